The lowest BCUT2D eigenvalue weighted by Crippen LogP contribution is -2.25. The van der Waals surface area contributed by atoms with Gasteiger partial charge in [0.05, 0.1) is 11.2 Å². The second-order valence-corrected chi connectivity index (χ2v) is 5.86. The monoisotopic (exact) mass is 287 g/mol. The number of rotatable bonds is 7. The Morgan fingerprint density at radius 2 is 2.05 bits per heavy atom. The number of phenols is 1. The first-order valence-electron chi connectivity index (χ1n) is 7.64. The van der Waals surface area contributed by atoms with E-state index in [9.17, 15) is 5.11 Å². The van der Waals surface area contributed by atoms with Crippen molar-refractivity contribution in [3.8, 4) is 5.75 Å². The van der Waals surface area contributed by atoms with Crippen LogP contribution >= 0.6 is 0 Å². The van der Waals surface area contributed by atoms with E-state index in [2.05, 4.69) is 36.4 Å². The van der Waals surface area contributed by atoms with E-state index in [1.165, 1.54) is 0 Å². The molecule has 1 atom stereocenters. The molecular formula is C17H25N3O. The van der Waals surface area contributed by atoms with Gasteiger partial charge >= 0.3 is 0 Å². The molecular weight excluding hydrogens is 262 g/mol. The van der Waals surface area contributed by atoms with Crippen LogP contribution in [-0.4, -0.2) is 28.7 Å². The SMILES string of the molecule is CC(C)NCCCC(C)Nc1cc(O)cc2cccnc12. The van der Waals surface area contributed by atoms with Crippen LogP contribution in [0.15, 0.2) is 30.5 Å². The van der Waals surface area contributed by atoms with Crippen molar-refractivity contribution in [3.05, 3.63) is 30.5 Å². The van der Waals surface area contributed by atoms with Gasteiger partial charge in [0.15, 0.2) is 0 Å². The lowest BCUT2D eigenvalue weighted by atomic mass is 10.1. The number of nitrogens with one attached hydrogen (secondary N) is 2. The largest absolute Gasteiger partial charge is 0.508 e. The standard InChI is InChI=1S/C17H25N3O/c1-12(2)18-8-4-6-13(3)20-16-11-15(21)10-14-7-5-9-19-17(14)16/h5,7,9-13,18,20-21H,4,6,8H2,1-3H3. The van der Waals surface area contributed by atoms with Crippen LogP contribution in [0.1, 0.15) is 33.6 Å². The summed E-state index contributed by atoms with van der Waals surface area (Å²) < 4.78 is 0. The third-order valence-electron chi connectivity index (χ3n) is 3.46. The average molecular weight is 287 g/mol. The molecule has 0 aliphatic carbocycles. The minimum absolute atomic E-state index is 0.270. The molecule has 0 aliphatic heterocycles. The maximum absolute atomic E-state index is 9.82. The molecule has 2 rings (SSSR count). The molecule has 0 aliphatic rings. The predicted octanol–water partition coefficient (Wildman–Crippen LogP) is 3.52. The van der Waals surface area contributed by atoms with E-state index in [4.69, 9.17) is 0 Å². The molecule has 21 heavy (non-hydrogen) atoms. The molecule has 0 spiro atoms. The third kappa shape index (κ3) is 4.60. The lowest BCUT2D eigenvalue weighted by Gasteiger charge is -2.17. The summed E-state index contributed by atoms with van der Waals surface area (Å²) in [4.78, 5) is 4.41. The molecule has 0 fully saturated rings. The molecule has 1 unspecified atom stereocenters. The van der Waals surface area contributed by atoms with Crippen molar-refractivity contribution in [2.45, 2.75) is 45.7 Å². The number of anilines is 1. The smallest absolute Gasteiger partial charge is 0.118 e. The molecule has 4 nitrogen and oxygen atoms in total. The summed E-state index contributed by atoms with van der Waals surface area (Å²) in [7, 11) is 0. The van der Waals surface area contributed by atoms with Crippen LogP contribution in [-0.2, 0) is 0 Å². The van der Waals surface area contributed by atoms with Crippen LogP contribution in [0, 0.1) is 0 Å². The van der Waals surface area contributed by atoms with Crippen LogP contribution in [0.4, 0.5) is 5.69 Å². The zero-order chi connectivity index (χ0) is 15.2. The summed E-state index contributed by atoms with van der Waals surface area (Å²) in [6.45, 7) is 7.51. The topological polar surface area (TPSA) is 57.2 Å². The molecule has 1 aromatic carbocycles. The maximum atomic E-state index is 9.82. The van der Waals surface area contributed by atoms with Crippen LogP contribution < -0.4 is 10.6 Å². The highest BCUT2D eigenvalue weighted by Crippen LogP contribution is 2.27. The van der Waals surface area contributed by atoms with Crippen molar-refractivity contribution in [2.24, 2.45) is 0 Å². The molecule has 0 radical (unpaired) electrons. The maximum Gasteiger partial charge on any atom is 0.118 e. The normalized spacial score (nSPS) is 12.8. The van der Waals surface area contributed by atoms with Crippen molar-refractivity contribution in [1.82, 2.24) is 10.3 Å². The summed E-state index contributed by atoms with van der Waals surface area (Å²) in [6, 6.07) is 8.21. The highest BCUT2D eigenvalue weighted by molar-refractivity contribution is 5.91. The summed E-state index contributed by atoms with van der Waals surface area (Å²) in [5, 5.41) is 17.7. The van der Waals surface area contributed by atoms with Gasteiger partial charge in [-0.15, -0.1) is 0 Å². The number of aromatic nitrogens is 1. The minimum atomic E-state index is 0.270. The van der Waals surface area contributed by atoms with E-state index >= 15 is 0 Å². The molecule has 0 bridgehead atoms. The van der Waals surface area contributed by atoms with E-state index in [0.717, 1.165) is 36.0 Å². The summed E-state index contributed by atoms with van der Waals surface area (Å²) in [5.41, 5.74) is 1.80. The van der Waals surface area contributed by atoms with Gasteiger partial charge in [-0.1, -0.05) is 19.9 Å². The second-order valence-electron chi connectivity index (χ2n) is 5.86. The van der Waals surface area contributed by atoms with Gasteiger partial charge in [-0.25, -0.2) is 0 Å². The first-order valence-corrected chi connectivity index (χ1v) is 7.64. The Morgan fingerprint density at radius 1 is 1.24 bits per heavy atom. The average Bonchev–Trinajstić information content (AvgIpc) is 2.43. The van der Waals surface area contributed by atoms with Crippen LogP contribution in [0.25, 0.3) is 10.9 Å². The zero-order valence-electron chi connectivity index (χ0n) is 13.1. The number of fused-ring (bicyclic) bond motifs is 1. The van der Waals surface area contributed by atoms with Crippen molar-refractivity contribution in [3.63, 3.8) is 0 Å². The molecule has 2 aromatic rings. The Balaban J connectivity index is 1.99. The number of pyridine rings is 1. The molecule has 1 aromatic heterocycles. The minimum Gasteiger partial charge on any atom is -0.508 e. The van der Waals surface area contributed by atoms with Gasteiger partial charge in [0.2, 0.25) is 0 Å². The van der Waals surface area contributed by atoms with Gasteiger partial charge in [0.25, 0.3) is 0 Å². The van der Waals surface area contributed by atoms with E-state index in [-0.39, 0.29) is 5.75 Å². The van der Waals surface area contributed by atoms with Crippen molar-refractivity contribution >= 4 is 16.6 Å². The number of nitrogens with zero attached hydrogens (tertiary/aromatic N) is 1. The van der Waals surface area contributed by atoms with E-state index in [1.807, 2.05) is 12.1 Å². The fourth-order valence-corrected chi connectivity index (χ4v) is 2.42. The molecule has 1 heterocycles. The summed E-state index contributed by atoms with van der Waals surface area (Å²) in [6.07, 6.45) is 3.97. The van der Waals surface area contributed by atoms with Crippen molar-refractivity contribution < 1.29 is 5.11 Å². The molecule has 0 saturated carbocycles. The first-order chi connectivity index (χ1) is 10.1. The number of hydrogen-bond acceptors (Lipinski definition) is 4. The third-order valence-corrected chi connectivity index (χ3v) is 3.46. The van der Waals surface area contributed by atoms with Crippen LogP contribution in [0.3, 0.4) is 0 Å². The van der Waals surface area contributed by atoms with Gasteiger partial charge in [-0.05, 0) is 38.4 Å². The predicted molar refractivity (Wildman–Crippen MR) is 88.9 cm³/mol. The Bertz CT molecular complexity index is 583. The van der Waals surface area contributed by atoms with E-state index < -0.39 is 0 Å². The molecule has 4 heteroatoms. The lowest BCUT2D eigenvalue weighted by molar-refractivity contribution is 0.476. The summed E-state index contributed by atoms with van der Waals surface area (Å²) in [5.74, 6) is 0.270. The molecule has 3 N–H and O–H groups in total. The second kappa shape index (κ2) is 7.27. The molecule has 114 valence electrons. The van der Waals surface area contributed by atoms with Crippen LogP contribution in [0.2, 0.25) is 0 Å². The van der Waals surface area contributed by atoms with E-state index in [1.54, 1.807) is 18.3 Å². The highest BCUT2D eigenvalue weighted by atomic mass is 16.3. The number of phenolic OH excluding ortho intramolecular Hbond substituents is 1. The zero-order valence-corrected chi connectivity index (χ0v) is 13.1. The quantitative estimate of drug-likeness (QED) is 0.682. The molecule has 0 saturated heterocycles. The number of aromatic hydroxyl groups is 1. The Hall–Kier alpha value is -1.81. The van der Waals surface area contributed by atoms with Gasteiger partial charge in [-0.2, -0.15) is 0 Å². The number of benzene rings is 1. The summed E-state index contributed by atoms with van der Waals surface area (Å²) >= 11 is 0. The van der Waals surface area contributed by atoms with Crippen LogP contribution in [0.5, 0.6) is 5.75 Å². The van der Waals surface area contributed by atoms with Gasteiger partial charge < -0.3 is 15.7 Å². The van der Waals surface area contributed by atoms with Crippen molar-refractivity contribution in [2.75, 3.05) is 11.9 Å². The Morgan fingerprint density at radius 3 is 2.81 bits per heavy atom. The first kappa shape index (κ1) is 15.6. The van der Waals surface area contributed by atoms with Gasteiger partial charge in [0, 0.05) is 29.7 Å². The van der Waals surface area contributed by atoms with Gasteiger partial charge in [0.1, 0.15) is 5.75 Å². The molecule has 0 amide bonds. The van der Waals surface area contributed by atoms with E-state index in [0.29, 0.717) is 12.1 Å². The highest BCUT2D eigenvalue weighted by Gasteiger charge is 2.08. The fourth-order valence-electron chi connectivity index (χ4n) is 2.42. The fraction of sp³-hybridized carbons (Fsp3) is 0.471. The Kier molecular flexibility index (Phi) is 5.39. The van der Waals surface area contributed by atoms with Gasteiger partial charge in [-0.3, -0.25) is 4.98 Å². The Labute approximate surface area is 126 Å². The van der Waals surface area contributed by atoms with Crippen molar-refractivity contribution in [1.29, 1.82) is 0 Å². The number of hydrogen-bond donors (Lipinski definition) is 3.